The molecule has 0 bridgehead atoms. The maximum atomic E-state index is 14.5. The summed E-state index contributed by atoms with van der Waals surface area (Å²) in [4.78, 5) is 8.39. The fourth-order valence-corrected chi connectivity index (χ4v) is 2.96. The number of ether oxygens (including phenoxy) is 1. The highest BCUT2D eigenvalue weighted by Crippen LogP contribution is 2.35. The van der Waals surface area contributed by atoms with E-state index in [1.165, 1.54) is 6.07 Å². The molecule has 1 heterocycles. The lowest BCUT2D eigenvalue weighted by atomic mass is 10.1. The van der Waals surface area contributed by atoms with Gasteiger partial charge in [0.15, 0.2) is 5.82 Å². The van der Waals surface area contributed by atoms with Crippen molar-refractivity contribution < 1.29 is 22.3 Å². The van der Waals surface area contributed by atoms with Crippen LogP contribution in [0.3, 0.4) is 0 Å². The maximum Gasteiger partial charge on any atom is 0.429 e. The van der Waals surface area contributed by atoms with Gasteiger partial charge in [0.25, 0.3) is 0 Å². The molecule has 0 fully saturated rings. The van der Waals surface area contributed by atoms with Crippen molar-refractivity contribution in [2.75, 3.05) is 0 Å². The second-order valence-corrected chi connectivity index (χ2v) is 7.17. The normalized spacial score (nSPS) is 11.5. The fraction of sp³-hybridized carbons (Fsp3) is 0.273. The molecule has 2 aromatic carbocycles. The van der Waals surface area contributed by atoms with Crippen LogP contribution in [0.15, 0.2) is 48.8 Å². The molecule has 0 amide bonds. The van der Waals surface area contributed by atoms with Crippen molar-refractivity contribution in [2.24, 2.45) is 0 Å². The Morgan fingerprint density at radius 2 is 1.70 bits per heavy atom. The first kappa shape index (κ1) is 22.0. The molecule has 3 aromatic rings. The second-order valence-electron chi connectivity index (χ2n) is 6.76. The van der Waals surface area contributed by atoms with Crippen LogP contribution in [0.4, 0.5) is 17.6 Å². The predicted molar refractivity (Wildman–Crippen MR) is 107 cm³/mol. The van der Waals surface area contributed by atoms with Crippen LogP contribution in [-0.4, -0.2) is 9.97 Å². The zero-order valence-corrected chi connectivity index (χ0v) is 16.9. The molecule has 0 N–H and O–H groups in total. The Labute approximate surface area is 176 Å². The molecule has 1 aromatic heterocycles. The van der Waals surface area contributed by atoms with E-state index in [-0.39, 0.29) is 16.4 Å². The molecule has 0 atom stereocenters. The highest BCUT2D eigenvalue weighted by atomic mass is 35.5. The summed E-state index contributed by atoms with van der Waals surface area (Å²) in [6, 6.07) is 5.95. The molecular weight excluding hydrogens is 420 g/mol. The minimum absolute atomic E-state index is 0.226. The van der Waals surface area contributed by atoms with Crippen LogP contribution >= 0.6 is 11.6 Å². The molecule has 0 radical (unpaired) electrons. The summed E-state index contributed by atoms with van der Waals surface area (Å²) in [5, 5.41) is -0.238. The Hall–Kier alpha value is -2.67. The summed E-state index contributed by atoms with van der Waals surface area (Å²) in [5.74, 6) is -2.37. The molecule has 158 valence electrons. The third kappa shape index (κ3) is 5.27. The SMILES string of the molecule is CCCCCc1cnc(-c2ccc(C(F)(F)Oc3ccc(Cl)c(F)c3)c(F)c2)nc1. The molecule has 30 heavy (non-hydrogen) atoms. The minimum Gasteiger partial charge on any atom is -0.429 e. The lowest BCUT2D eigenvalue weighted by Gasteiger charge is -2.19. The number of rotatable bonds is 8. The van der Waals surface area contributed by atoms with Crippen molar-refractivity contribution in [3.63, 3.8) is 0 Å². The van der Waals surface area contributed by atoms with Crippen LogP contribution in [0.1, 0.15) is 37.3 Å². The third-order valence-corrected chi connectivity index (χ3v) is 4.76. The molecule has 0 saturated heterocycles. The Bertz CT molecular complexity index is 1010. The summed E-state index contributed by atoms with van der Waals surface area (Å²) in [6.45, 7) is 2.11. The van der Waals surface area contributed by atoms with Crippen LogP contribution in [0.2, 0.25) is 5.02 Å². The third-order valence-electron chi connectivity index (χ3n) is 4.45. The number of aromatic nitrogens is 2. The average Bonchev–Trinajstić information content (AvgIpc) is 2.71. The van der Waals surface area contributed by atoms with E-state index in [4.69, 9.17) is 11.6 Å². The molecule has 8 heteroatoms. The fourth-order valence-electron chi connectivity index (χ4n) is 2.85. The van der Waals surface area contributed by atoms with E-state index in [0.717, 1.165) is 55.5 Å². The topological polar surface area (TPSA) is 35.0 Å². The van der Waals surface area contributed by atoms with Crippen molar-refractivity contribution >= 4 is 11.6 Å². The van der Waals surface area contributed by atoms with E-state index < -0.39 is 29.1 Å². The van der Waals surface area contributed by atoms with Gasteiger partial charge in [-0.2, -0.15) is 8.78 Å². The Kier molecular flexibility index (Phi) is 6.92. The molecule has 0 aliphatic heterocycles. The molecule has 0 unspecified atom stereocenters. The molecule has 0 aliphatic carbocycles. The molecule has 3 rings (SSSR count). The molecule has 0 saturated carbocycles. The summed E-state index contributed by atoms with van der Waals surface area (Å²) < 4.78 is 61.2. The van der Waals surface area contributed by atoms with Gasteiger partial charge in [-0.05, 0) is 42.7 Å². The van der Waals surface area contributed by atoms with Crippen molar-refractivity contribution in [3.05, 3.63) is 76.6 Å². The van der Waals surface area contributed by atoms with Crippen molar-refractivity contribution in [2.45, 2.75) is 38.7 Å². The van der Waals surface area contributed by atoms with Crippen molar-refractivity contribution in [3.8, 4) is 17.1 Å². The second kappa shape index (κ2) is 9.43. The van der Waals surface area contributed by atoms with Gasteiger partial charge in [-0.3, -0.25) is 0 Å². The van der Waals surface area contributed by atoms with Crippen LogP contribution < -0.4 is 4.74 Å². The summed E-state index contributed by atoms with van der Waals surface area (Å²) in [7, 11) is 0. The van der Waals surface area contributed by atoms with Gasteiger partial charge in [-0.1, -0.05) is 37.4 Å². The van der Waals surface area contributed by atoms with Crippen molar-refractivity contribution in [1.82, 2.24) is 9.97 Å². The Morgan fingerprint density at radius 1 is 0.967 bits per heavy atom. The van der Waals surface area contributed by atoms with Gasteiger partial charge < -0.3 is 4.74 Å². The molecule has 0 spiro atoms. The van der Waals surface area contributed by atoms with E-state index >= 15 is 0 Å². The zero-order chi connectivity index (χ0) is 21.7. The summed E-state index contributed by atoms with van der Waals surface area (Å²) in [6.07, 6.45) is 3.35. The van der Waals surface area contributed by atoms with Gasteiger partial charge in [0.05, 0.1) is 10.6 Å². The summed E-state index contributed by atoms with van der Waals surface area (Å²) >= 11 is 5.52. The molecule has 0 aliphatic rings. The van der Waals surface area contributed by atoms with Gasteiger partial charge >= 0.3 is 6.11 Å². The minimum atomic E-state index is -4.02. The van der Waals surface area contributed by atoms with Gasteiger partial charge in [0.1, 0.15) is 17.4 Å². The standard InChI is InChI=1S/C22H19ClF4N2O/c1-2-3-4-5-14-12-28-21(29-13-14)15-6-8-17(19(24)10-15)22(26,27)30-16-7-9-18(23)20(25)11-16/h6-13H,2-5H2,1H3. The average molecular weight is 439 g/mol. The lowest BCUT2D eigenvalue weighted by molar-refractivity contribution is -0.187. The van der Waals surface area contributed by atoms with Crippen LogP contribution in [-0.2, 0) is 12.5 Å². The quantitative estimate of drug-likeness (QED) is 0.282. The van der Waals surface area contributed by atoms with Gasteiger partial charge in [0, 0.05) is 24.0 Å². The summed E-state index contributed by atoms with van der Waals surface area (Å²) in [5.41, 5.74) is 0.224. The number of aryl methyl sites for hydroxylation is 1. The number of alkyl halides is 2. The number of unbranched alkanes of at least 4 members (excludes halogenated alkanes) is 2. The smallest absolute Gasteiger partial charge is 0.429 e. The highest BCUT2D eigenvalue weighted by Gasteiger charge is 2.38. The Morgan fingerprint density at radius 3 is 2.33 bits per heavy atom. The van der Waals surface area contributed by atoms with E-state index in [1.807, 2.05) is 0 Å². The first-order chi connectivity index (χ1) is 14.3. The number of hydrogen-bond acceptors (Lipinski definition) is 3. The monoisotopic (exact) mass is 438 g/mol. The van der Waals surface area contributed by atoms with E-state index in [1.54, 1.807) is 12.4 Å². The predicted octanol–water partition coefficient (Wildman–Crippen LogP) is 6.94. The van der Waals surface area contributed by atoms with Gasteiger partial charge in [0.2, 0.25) is 0 Å². The number of halogens is 5. The van der Waals surface area contributed by atoms with Gasteiger partial charge in [-0.25, -0.2) is 18.7 Å². The number of hydrogen-bond donors (Lipinski definition) is 0. The van der Waals surface area contributed by atoms with Crippen LogP contribution in [0.25, 0.3) is 11.4 Å². The van der Waals surface area contributed by atoms with Gasteiger partial charge in [-0.15, -0.1) is 0 Å². The Balaban J connectivity index is 1.77. The highest BCUT2D eigenvalue weighted by molar-refractivity contribution is 6.30. The largest absolute Gasteiger partial charge is 0.429 e. The lowest BCUT2D eigenvalue weighted by Crippen LogP contribution is -2.23. The van der Waals surface area contributed by atoms with E-state index in [0.29, 0.717) is 6.07 Å². The maximum absolute atomic E-state index is 14.5. The molecule has 3 nitrogen and oxygen atoms in total. The first-order valence-corrected chi connectivity index (χ1v) is 9.81. The molecular formula is C22H19ClF4N2O. The van der Waals surface area contributed by atoms with Crippen LogP contribution in [0, 0.1) is 11.6 Å². The zero-order valence-electron chi connectivity index (χ0n) is 16.1. The van der Waals surface area contributed by atoms with E-state index in [2.05, 4.69) is 21.6 Å². The first-order valence-electron chi connectivity index (χ1n) is 9.43. The van der Waals surface area contributed by atoms with Crippen molar-refractivity contribution in [1.29, 1.82) is 0 Å². The number of nitrogens with zero attached hydrogens (tertiary/aromatic N) is 2. The van der Waals surface area contributed by atoms with Crippen LogP contribution in [0.5, 0.6) is 5.75 Å². The van der Waals surface area contributed by atoms with E-state index in [9.17, 15) is 17.6 Å². The number of benzene rings is 2.